The van der Waals surface area contributed by atoms with E-state index in [0.29, 0.717) is 71.4 Å². The molecule has 0 saturated heterocycles. The molecule has 0 bridgehead atoms. The van der Waals surface area contributed by atoms with Crippen molar-refractivity contribution in [3.63, 3.8) is 0 Å². The van der Waals surface area contributed by atoms with Gasteiger partial charge in [0.25, 0.3) is 0 Å². The Labute approximate surface area is 631 Å². The molecule has 10 rings (SSSR count). The van der Waals surface area contributed by atoms with Crippen LogP contribution < -0.4 is 48.5 Å². The third kappa shape index (κ3) is 39.0. The Balaban J connectivity index is -0.000000521. The normalized spacial score (nSPS) is 9.35. The Morgan fingerprint density at radius 1 is 0.479 bits per heavy atom. The van der Waals surface area contributed by atoms with Crippen molar-refractivity contribution >= 4 is 128 Å². The van der Waals surface area contributed by atoms with Crippen molar-refractivity contribution in [3.8, 4) is 28.7 Å². The van der Waals surface area contributed by atoms with Gasteiger partial charge in [0.15, 0.2) is 6.29 Å². The first kappa shape index (κ1) is 90.8. The van der Waals surface area contributed by atoms with E-state index < -0.39 is 20.9 Å². The minimum Gasteiger partial charge on any atom is -1.00 e. The average molecular weight is 1590 g/mol. The summed E-state index contributed by atoms with van der Waals surface area (Å²) in [4.78, 5) is 10.7. The van der Waals surface area contributed by atoms with Crippen LogP contribution in [0, 0.1) is 36.3 Å². The molecule has 0 saturated carbocycles. The van der Waals surface area contributed by atoms with Crippen molar-refractivity contribution < 1.29 is 96.9 Å². The van der Waals surface area contributed by atoms with Crippen LogP contribution in [-0.4, -0.2) is 52.2 Å². The number of benzene rings is 10. The first-order chi connectivity index (χ1) is 43.5. The summed E-state index contributed by atoms with van der Waals surface area (Å²) in [5, 5.41) is 18.9. The van der Waals surface area contributed by atoms with Crippen LogP contribution in [0.4, 0.5) is 26.3 Å². The Morgan fingerprint density at radius 2 is 0.766 bits per heavy atom. The number of hydrogen-bond donors (Lipinski definition) is 2. The maximum absolute atomic E-state index is 13.1. The number of aromatic hydroxyl groups is 1. The minimum absolute atomic E-state index is 0. The Hall–Kier alpha value is -5.30. The second kappa shape index (κ2) is 54.8. The van der Waals surface area contributed by atoms with Gasteiger partial charge in [-0.05, 0) is 108 Å². The molecule has 10 aromatic rings. The molecule has 8 nitrogen and oxygen atoms in total. The van der Waals surface area contributed by atoms with E-state index in [-0.39, 0.29) is 107 Å². The van der Waals surface area contributed by atoms with Crippen molar-refractivity contribution in [1.29, 1.82) is 0 Å². The quantitative estimate of drug-likeness (QED) is 0.0246. The third-order valence-electron chi connectivity index (χ3n) is 11.2. The number of aliphatic hydroxyl groups excluding tert-OH is 1. The molecule has 0 spiro atoms. The summed E-state index contributed by atoms with van der Waals surface area (Å²) in [6.07, 6.45) is 0.653. The van der Waals surface area contributed by atoms with Crippen molar-refractivity contribution in [3.05, 3.63) is 332 Å². The van der Waals surface area contributed by atoms with Gasteiger partial charge in [0.05, 0.1) is 27.0 Å². The summed E-state index contributed by atoms with van der Waals surface area (Å²) < 4.78 is 106. The molecule has 0 aromatic heterocycles. The predicted molar refractivity (Wildman–Crippen MR) is 379 cm³/mol. The van der Waals surface area contributed by atoms with Crippen LogP contribution in [0.3, 0.4) is 0 Å². The number of aliphatic hydroxyl groups is 1. The topological polar surface area (TPSA) is 112 Å². The van der Waals surface area contributed by atoms with Crippen LogP contribution in [-0.2, 0) is 53.5 Å². The number of rotatable bonds is 16. The molecule has 0 atom stereocenters. The molecule has 10 aromatic carbocycles. The number of halogens is 12. The third-order valence-corrected chi connectivity index (χ3v) is 13.5. The summed E-state index contributed by atoms with van der Waals surface area (Å²) in [5.74, 6) is 0.0699. The fourth-order valence-electron chi connectivity index (χ4n) is 6.88. The zero-order valence-electron chi connectivity index (χ0n) is 51.9. The molecule has 24 heteroatoms. The summed E-state index contributed by atoms with van der Waals surface area (Å²) in [6.45, 7) is 1.35. The molecular formula is C70H65BBr3Cl3F6MgNaO8S. The van der Waals surface area contributed by atoms with E-state index in [0.717, 1.165) is 43.7 Å². The van der Waals surface area contributed by atoms with Gasteiger partial charge in [0.2, 0.25) is 9.23 Å². The molecule has 0 unspecified atom stereocenters. The van der Waals surface area contributed by atoms with E-state index in [4.69, 9.17) is 45.0 Å². The molecule has 0 aliphatic carbocycles. The summed E-state index contributed by atoms with van der Waals surface area (Å²) in [7, 11) is 9.11. The Bertz CT molecular complexity index is 3570. The van der Waals surface area contributed by atoms with Gasteiger partial charge in [-0.1, -0.05) is 187 Å². The first-order valence-electron chi connectivity index (χ1n) is 26.4. The van der Waals surface area contributed by atoms with Crippen molar-refractivity contribution in [1.82, 2.24) is 0 Å². The van der Waals surface area contributed by atoms with Crippen LogP contribution >= 0.6 is 80.8 Å². The van der Waals surface area contributed by atoms with Crippen LogP contribution in [0.25, 0.3) is 0 Å². The van der Waals surface area contributed by atoms with Crippen molar-refractivity contribution in [2.24, 2.45) is 0 Å². The molecule has 94 heavy (non-hydrogen) atoms. The van der Waals surface area contributed by atoms with Gasteiger partial charge in [-0.25, -0.2) is 26.2 Å². The van der Waals surface area contributed by atoms with Gasteiger partial charge in [-0.2, -0.15) is 7.18 Å². The second-order valence-electron chi connectivity index (χ2n) is 17.7. The van der Waals surface area contributed by atoms with Crippen molar-refractivity contribution in [2.45, 2.75) is 51.7 Å². The van der Waals surface area contributed by atoms with Crippen LogP contribution in [0.1, 0.15) is 59.6 Å². The molecule has 3 radical (unpaired) electrons. The number of carbonyl (C=O) groups excluding carboxylic acids is 1. The Morgan fingerprint density at radius 3 is 1.10 bits per heavy atom. The number of aldehydes is 1. The molecule has 0 amide bonds. The fourth-order valence-corrected chi connectivity index (χ4v) is 8.08. The van der Waals surface area contributed by atoms with E-state index in [1.165, 1.54) is 78.4 Å². The number of carbonyl (C=O) groups is 1. The second-order valence-corrected chi connectivity index (χ2v) is 22.7. The average Bonchev–Trinajstić information content (AvgIpc) is 1.39. The molecule has 0 aliphatic rings. The number of hydrogen-bond acceptors (Lipinski definition) is 8. The number of alkyl halides is 2. The van der Waals surface area contributed by atoms with E-state index >= 15 is 0 Å². The van der Waals surface area contributed by atoms with Gasteiger partial charge in [-0.3, -0.25) is 4.79 Å². The molecule has 489 valence electrons. The molecule has 0 heterocycles. The Kier molecular flexibility index (Phi) is 52.9. The molecule has 0 fully saturated rings. The van der Waals surface area contributed by atoms with Crippen LogP contribution in [0.2, 0.25) is 0 Å². The first-order valence-corrected chi connectivity index (χ1v) is 32.4. The van der Waals surface area contributed by atoms with Gasteiger partial charge >= 0.3 is 52.6 Å². The van der Waals surface area contributed by atoms with Crippen LogP contribution in [0.5, 0.6) is 28.7 Å². The predicted octanol–water partition coefficient (Wildman–Crippen LogP) is 18.2. The zero-order valence-corrected chi connectivity index (χ0v) is 61.2. The largest absolute Gasteiger partial charge is 2.00 e. The smallest absolute Gasteiger partial charge is 1.00 e. The van der Waals surface area contributed by atoms with Gasteiger partial charge in [0.1, 0.15) is 84.3 Å². The molecular weight excluding hydrogens is 1520 g/mol. The SMILES string of the molecule is BrCc1ccccc1.C.Fc1ccc(Br)c(OCc2ccccc2)c1.Fc1ccc(CCl)c(OCc2ccccc2)c1.O=Cc1ccc(F)cc1OCc1ccccc1.O=S(Cl)Cl.OCc1ccc(F)cc1OCc1ccccc1.Oc1cc(F)ccc1Br.[2H-].[B].[CH2-]F.[H-].[Mg+2].[Na+]. The summed E-state index contributed by atoms with van der Waals surface area (Å²) in [6, 6.07) is 69.4. The molecule has 2 N–H and O–H groups in total. The summed E-state index contributed by atoms with van der Waals surface area (Å²) >= 11 is 15.4. The molecule has 0 aliphatic heterocycles. The van der Waals surface area contributed by atoms with Gasteiger partial charge in [0, 0.05) is 76.6 Å². The van der Waals surface area contributed by atoms with Gasteiger partial charge < -0.3 is 36.4 Å². The number of phenols is 1. The maximum atomic E-state index is 13.1. The van der Waals surface area contributed by atoms with Crippen LogP contribution in [0.15, 0.2) is 252 Å². The number of phenolic OH excluding ortho intramolecular Hbond substituents is 1. The zero-order chi connectivity index (χ0) is 65.9. The van der Waals surface area contributed by atoms with E-state index in [2.05, 4.69) is 81.3 Å². The van der Waals surface area contributed by atoms with Gasteiger partial charge in [-0.15, -0.1) is 11.6 Å². The standard InChI is InChI=1S/C14H12ClFO.C14H13FO2.C14H11FO2.C13H10BrFO.C7H7Br.C6H4BrFO.CH2F.CH4.B.Cl2OS.Mg.Na.2H/c15-9-12-6-7-13(16)8-14(12)17-10-11-4-2-1-3-5-11;2*15-13-7-6-12(9-16)14(8-13)17-10-11-4-2-1-3-5-11;14-12-7-6-11(15)8-13(12)16-9-10-4-2-1-3-5-10;8-6-7-4-2-1-3-5-7;7-5-2-1-4(8)3-6(5)9;1-2;;;1-4(2)3;;;;/h1-8H,9-10H2;1-8,16H,9-10H2;1-9H,10H2;1-8H,9H2;1-5H,6H2;1-3,9H;1H2;1H4;;;;;;/q;;;;;;-1;;;;+2;+1;2*-1/i;;;;;;;;;;;;1+1;. The monoisotopic (exact) mass is 1580 g/mol. The minimum atomic E-state index is -1.67. The van der Waals surface area contributed by atoms with E-state index in [1.54, 1.807) is 19.3 Å². The summed E-state index contributed by atoms with van der Waals surface area (Å²) in [5.41, 5.74) is 7.12. The maximum Gasteiger partial charge on any atom is 2.00 e. The van der Waals surface area contributed by atoms with Crippen molar-refractivity contribution in [2.75, 3.05) is 0 Å². The van der Waals surface area contributed by atoms with E-state index in [9.17, 15) is 31.1 Å². The number of ether oxygens (including phenoxy) is 4. The fraction of sp³-hybridized carbons (Fsp3) is 0.114. The van der Waals surface area contributed by atoms with E-state index in [1.807, 2.05) is 140 Å².